The standard InChI is InChI=1S/C21H20N4O3/c1-14(16-5-3-2-4-6-16)23-20-10-8-17(24-25-20)21(26)22-12-15-7-9-18-19(11-15)28-13-27-18/h2-11,14H,12-13H2,1H3,(H,22,26)(H,23,25). The minimum atomic E-state index is -0.284. The van der Waals surface area contributed by atoms with Gasteiger partial charge in [-0.15, -0.1) is 10.2 Å². The van der Waals surface area contributed by atoms with Crippen LogP contribution in [0.15, 0.2) is 60.7 Å². The molecule has 0 aliphatic carbocycles. The number of nitrogens with zero attached hydrogens (tertiary/aromatic N) is 2. The van der Waals surface area contributed by atoms with Gasteiger partial charge in [-0.05, 0) is 42.3 Å². The summed E-state index contributed by atoms with van der Waals surface area (Å²) in [5.41, 5.74) is 2.33. The summed E-state index contributed by atoms with van der Waals surface area (Å²) in [7, 11) is 0. The third kappa shape index (κ3) is 4.03. The van der Waals surface area contributed by atoms with E-state index in [2.05, 4.69) is 20.8 Å². The van der Waals surface area contributed by atoms with Gasteiger partial charge in [0, 0.05) is 12.6 Å². The molecule has 1 aliphatic rings. The Hall–Kier alpha value is -3.61. The number of nitrogens with one attached hydrogen (secondary N) is 2. The molecular weight excluding hydrogens is 356 g/mol. The van der Waals surface area contributed by atoms with E-state index in [0.717, 1.165) is 11.1 Å². The maximum Gasteiger partial charge on any atom is 0.272 e. The molecule has 2 aromatic carbocycles. The van der Waals surface area contributed by atoms with Crippen LogP contribution in [-0.4, -0.2) is 22.9 Å². The van der Waals surface area contributed by atoms with Gasteiger partial charge in [0.2, 0.25) is 6.79 Å². The monoisotopic (exact) mass is 376 g/mol. The number of carbonyl (C=O) groups is 1. The van der Waals surface area contributed by atoms with Crippen molar-refractivity contribution in [2.24, 2.45) is 0 Å². The van der Waals surface area contributed by atoms with Crippen LogP contribution < -0.4 is 20.1 Å². The van der Waals surface area contributed by atoms with E-state index in [1.807, 2.05) is 55.5 Å². The third-order valence-electron chi connectivity index (χ3n) is 4.45. The number of carbonyl (C=O) groups excluding carboxylic acids is 1. The van der Waals surface area contributed by atoms with E-state index in [1.54, 1.807) is 12.1 Å². The molecule has 3 aromatic rings. The van der Waals surface area contributed by atoms with E-state index in [0.29, 0.717) is 23.9 Å². The second-order valence-corrected chi connectivity index (χ2v) is 6.45. The Balaban J connectivity index is 1.33. The number of fused-ring (bicyclic) bond motifs is 1. The topological polar surface area (TPSA) is 85.4 Å². The first-order chi connectivity index (χ1) is 13.7. The van der Waals surface area contributed by atoms with Crippen LogP contribution in [0.4, 0.5) is 5.82 Å². The Kier molecular flexibility index (Phi) is 5.05. The summed E-state index contributed by atoms with van der Waals surface area (Å²) in [6.45, 7) is 2.63. The number of ether oxygens (including phenoxy) is 2. The molecular formula is C21H20N4O3. The SMILES string of the molecule is CC(Nc1ccc(C(=O)NCc2ccc3c(c2)OCO3)nn1)c1ccccc1. The van der Waals surface area contributed by atoms with Crippen molar-refractivity contribution in [1.82, 2.24) is 15.5 Å². The summed E-state index contributed by atoms with van der Waals surface area (Å²) in [4.78, 5) is 12.3. The number of benzene rings is 2. The maximum absolute atomic E-state index is 12.3. The van der Waals surface area contributed by atoms with Gasteiger partial charge in [-0.2, -0.15) is 0 Å². The van der Waals surface area contributed by atoms with Gasteiger partial charge >= 0.3 is 0 Å². The molecule has 1 aromatic heterocycles. The van der Waals surface area contributed by atoms with Crippen LogP contribution in [0.1, 0.15) is 34.6 Å². The fourth-order valence-electron chi connectivity index (χ4n) is 2.90. The summed E-state index contributed by atoms with van der Waals surface area (Å²) in [6.07, 6.45) is 0. The zero-order valence-electron chi connectivity index (χ0n) is 15.4. The first-order valence-electron chi connectivity index (χ1n) is 9.01. The van der Waals surface area contributed by atoms with Crippen molar-refractivity contribution in [2.45, 2.75) is 19.5 Å². The van der Waals surface area contributed by atoms with Crippen LogP contribution in [0.2, 0.25) is 0 Å². The Morgan fingerprint density at radius 3 is 2.64 bits per heavy atom. The van der Waals surface area contributed by atoms with Crippen LogP contribution in [-0.2, 0) is 6.54 Å². The van der Waals surface area contributed by atoms with Gasteiger partial charge in [0.05, 0.1) is 0 Å². The molecule has 2 N–H and O–H groups in total. The van der Waals surface area contributed by atoms with Crippen molar-refractivity contribution >= 4 is 11.7 Å². The quantitative estimate of drug-likeness (QED) is 0.687. The third-order valence-corrected chi connectivity index (χ3v) is 4.45. The fourth-order valence-corrected chi connectivity index (χ4v) is 2.90. The summed E-state index contributed by atoms with van der Waals surface area (Å²) < 4.78 is 10.6. The van der Waals surface area contributed by atoms with Gasteiger partial charge in [0.1, 0.15) is 5.82 Å². The van der Waals surface area contributed by atoms with Crippen molar-refractivity contribution in [2.75, 3.05) is 12.1 Å². The molecule has 0 spiro atoms. The highest BCUT2D eigenvalue weighted by Gasteiger charge is 2.14. The molecule has 1 amide bonds. The number of amides is 1. The first kappa shape index (κ1) is 17.8. The minimum absolute atomic E-state index is 0.0844. The summed E-state index contributed by atoms with van der Waals surface area (Å²) in [5, 5.41) is 14.2. The molecule has 0 saturated carbocycles. The number of hydrogen-bond acceptors (Lipinski definition) is 6. The summed E-state index contributed by atoms with van der Waals surface area (Å²) in [5.74, 6) is 1.74. The van der Waals surface area contributed by atoms with Crippen molar-refractivity contribution in [1.29, 1.82) is 0 Å². The van der Waals surface area contributed by atoms with Crippen LogP contribution in [0.3, 0.4) is 0 Å². The lowest BCUT2D eigenvalue weighted by atomic mass is 10.1. The minimum Gasteiger partial charge on any atom is -0.454 e. The molecule has 142 valence electrons. The van der Waals surface area contributed by atoms with Crippen LogP contribution in [0.25, 0.3) is 0 Å². The zero-order chi connectivity index (χ0) is 19.3. The van der Waals surface area contributed by atoms with Crippen molar-refractivity contribution in [3.05, 3.63) is 77.5 Å². The molecule has 0 bridgehead atoms. The van der Waals surface area contributed by atoms with Gasteiger partial charge < -0.3 is 20.1 Å². The Morgan fingerprint density at radius 2 is 1.86 bits per heavy atom. The first-order valence-corrected chi connectivity index (χ1v) is 9.01. The van der Waals surface area contributed by atoms with E-state index in [9.17, 15) is 4.79 Å². The van der Waals surface area contributed by atoms with Gasteiger partial charge in [-0.1, -0.05) is 36.4 Å². The molecule has 2 heterocycles. The second kappa shape index (κ2) is 7.96. The van der Waals surface area contributed by atoms with Crippen molar-refractivity contribution in [3.63, 3.8) is 0 Å². The number of anilines is 1. The maximum atomic E-state index is 12.3. The van der Waals surface area contributed by atoms with Crippen molar-refractivity contribution < 1.29 is 14.3 Å². The van der Waals surface area contributed by atoms with Gasteiger partial charge in [0.25, 0.3) is 5.91 Å². The van der Waals surface area contributed by atoms with Gasteiger partial charge in [0.15, 0.2) is 17.2 Å². The number of rotatable bonds is 6. The number of hydrogen-bond donors (Lipinski definition) is 2. The van der Waals surface area contributed by atoms with E-state index in [1.165, 1.54) is 0 Å². The van der Waals surface area contributed by atoms with E-state index in [4.69, 9.17) is 9.47 Å². The fraction of sp³-hybridized carbons (Fsp3) is 0.190. The van der Waals surface area contributed by atoms with Gasteiger partial charge in [-0.3, -0.25) is 4.79 Å². The highest BCUT2D eigenvalue weighted by Crippen LogP contribution is 2.32. The predicted molar refractivity (Wildman–Crippen MR) is 104 cm³/mol. The normalized spacial score (nSPS) is 13.0. The van der Waals surface area contributed by atoms with E-state index >= 15 is 0 Å². The van der Waals surface area contributed by atoms with Crippen LogP contribution in [0.5, 0.6) is 11.5 Å². The average molecular weight is 376 g/mol. The average Bonchev–Trinajstić information content (AvgIpc) is 3.21. The van der Waals surface area contributed by atoms with E-state index < -0.39 is 0 Å². The number of aromatic nitrogens is 2. The van der Waals surface area contributed by atoms with Crippen LogP contribution in [0, 0.1) is 0 Å². The van der Waals surface area contributed by atoms with Crippen LogP contribution >= 0.6 is 0 Å². The molecule has 0 saturated heterocycles. The molecule has 1 atom stereocenters. The largest absolute Gasteiger partial charge is 0.454 e. The summed E-state index contributed by atoms with van der Waals surface area (Å²) in [6, 6.07) is 19.1. The smallest absolute Gasteiger partial charge is 0.272 e. The summed E-state index contributed by atoms with van der Waals surface area (Å²) >= 11 is 0. The Morgan fingerprint density at radius 1 is 1.04 bits per heavy atom. The lowest BCUT2D eigenvalue weighted by molar-refractivity contribution is 0.0945. The van der Waals surface area contributed by atoms with Crippen molar-refractivity contribution in [3.8, 4) is 11.5 Å². The molecule has 0 radical (unpaired) electrons. The molecule has 1 aliphatic heterocycles. The molecule has 1 unspecified atom stereocenters. The predicted octanol–water partition coefficient (Wildman–Crippen LogP) is 3.31. The highest BCUT2D eigenvalue weighted by atomic mass is 16.7. The molecule has 4 rings (SSSR count). The highest BCUT2D eigenvalue weighted by molar-refractivity contribution is 5.92. The Labute approximate surface area is 162 Å². The van der Waals surface area contributed by atoms with E-state index in [-0.39, 0.29) is 24.4 Å². The zero-order valence-corrected chi connectivity index (χ0v) is 15.4. The lowest BCUT2D eigenvalue weighted by Gasteiger charge is -2.14. The molecule has 7 nitrogen and oxygen atoms in total. The molecule has 7 heteroatoms. The second-order valence-electron chi connectivity index (χ2n) is 6.45. The molecule has 28 heavy (non-hydrogen) atoms. The molecule has 0 fully saturated rings. The van der Waals surface area contributed by atoms with Gasteiger partial charge in [-0.25, -0.2) is 0 Å². The Bertz CT molecular complexity index is 961. The lowest BCUT2D eigenvalue weighted by Crippen LogP contribution is -2.24.